The normalized spacial score (nSPS) is 14.3. The first-order chi connectivity index (χ1) is 28.0. The SMILES string of the molecule is CCCCCCCC/C=C\CCCCCCCCCC(=O)NC(COP(=O)([O-])OCC[N+](C)(C)C)C(O)CCCCCCCCCCCCCCCCCCCCC. The Morgan fingerprint density at radius 3 is 1.34 bits per heavy atom. The highest BCUT2D eigenvalue weighted by Crippen LogP contribution is 2.38. The first-order valence-corrected chi connectivity index (χ1v) is 26.5. The molecule has 0 saturated carbocycles. The Hall–Kier alpha value is -0.760. The summed E-state index contributed by atoms with van der Waals surface area (Å²) in [5.74, 6) is -0.166. The number of allylic oxidation sites excluding steroid dienone is 2. The number of carbonyl (C=O) groups is 1. The number of aliphatic hydroxyl groups excluding tert-OH is 1. The molecule has 0 aromatic rings. The highest BCUT2D eigenvalue weighted by atomic mass is 31.2. The summed E-state index contributed by atoms with van der Waals surface area (Å²) in [7, 11) is 1.31. The van der Waals surface area contributed by atoms with E-state index < -0.39 is 20.0 Å². The van der Waals surface area contributed by atoms with Crippen LogP contribution in [0.15, 0.2) is 12.2 Å². The molecule has 3 unspecified atom stereocenters. The quantitative estimate of drug-likeness (QED) is 0.0273. The molecule has 3 atom stereocenters. The number of hydrogen-bond acceptors (Lipinski definition) is 6. The van der Waals surface area contributed by atoms with Crippen molar-refractivity contribution >= 4 is 13.7 Å². The Morgan fingerprint density at radius 2 is 0.948 bits per heavy atom. The average molecular weight is 843 g/mol. The summed E-state index contributed by atoms with van der Waals surface area (Å²) in [6.07, 6.45) is 47.8. The van der Waals surface area contributed by atoms with E-state index >= 15 is 0 Å². The van der Waals surface area contributed by atoms with E-state index in [1.807, 2.05) is 21.1 Å². The van der Waals surface area contributed by atoms with Gasteiger partial charge in [0, 0.05) is 6.42 Å². The fourth-order valence-corrected chi connectivity index (χ4v) is 8.23. The number of phosphoric acid groups is 1. The number of aliphatic hydroxyl groups is 1. The molecule has 0 spiro atoms. The predicted molar refractivity (Wildman–Crippen MR) is 247 cm³/mol. The third kappa shape index (κ3) is 43.3. The van der Waals surface area contributed by atoms with E-state index in [0.29, 0.717) is 23.9 Å². The molecule has 346 valence electrons. The van der Waals surface area contributed by atoms with Gasteiger partial charge in [0.15, 0.2) is 0 Å². The molecule has 0 heterocycles. The van der Waals surface area contributed by atoms with Gasteiger partial charge in [-0.3, -0.25) is 9.36 Å². The molecular weight excluding hydrogens is 744 g/mol. The molecule has 0 radical (unpaired) electrons. The highest BCUT2D eigenvalue weighted by molar-refractivity contribution is 7.45. The van der Waals surface area contributed by atoms with E-state index in [-0.39, 0.29) is 19.1 Å². The summed E-state index contributed by atoms with van der Waals surface area (Å²) in [6, 6.07) is -0.799. The maximum atomic E-state index is 12.9. The fraction of sp³-hybridized carbons (Fsp3) is 0.939. The third-order valence-electron chi connectivity index (χ3n) is 11.5. The summed E-state index contributed by atoms with van der Waals surface area (Å²) in [5.41, 5.74) is 0. The van der Waals surface area contributed by atoms with Gasteiger partial charge in [0.05, 0.1) is 39.9 Å². The molecule has 0 saturated heterocycles. The maximum absolute atomic E-state index is 12.9. The van der Waals surface area contributed by atoms with E-state index in [9.17, 15) is 19.4 Å². The number of amides is 1. The monoisotopic (exact) mass is 843 g/mol. The number of quaternary nitrogens is 1. The number of carbonyl (C=O) groups excluding carboxylic acids is 1. The number of hydrogen-bond donors (Lipinski definition) is 2. The van der Waals surface area contributed by atoms with Crippen molar-refractivity contribution in [2.45, 2.75) is 257 Å². The van der Waals surface area contributed by atoms with E-state index in [1.165, 1.54) is 180 Å². The van der Waals surface area contributed by atoms with E-state index in [4.69, 9.17) is 9.05 Å². The van der Waals surface area contributed by atoms with Crippen molar-refractivity contribution in [3.8, 4) is 0 Å². The van der Waals surface area contributed by atoms with Gasteiger partial charge in [0.2, 0.25) is 5.91 Å². The molecular formula is C49H99N2O6P. The second-order valence-corrected chi connectivity index (χ2v) is 19.9. The summed E-state index contributed by atoms with van der Waals surface area (Å²) in [6.45, 7) is 4.74. The highest BCUT2D eigenvalue weighted by Gasteiger charge is 2.24. The first kappa shape index (κ1) is 57.2. The molecule has 0 bridgehead atoms. The molecule has 9 heteroatoms. The average Bonchev–Trinajstić information content (AvgIpc) is 3.17. The lowest BCUT2D eigenvalue weighted by atomic mass is 10.0. The Bertz CT molecular complexity index is 958. The second kappa shape index (κ2) is 41.6. The van der Waals surface area contributed by atoms with Gasteiger partial charge in [0.1, 0.15) is 13.2 Å². The van der Waals surface area contributed by atoms with Crippen LogP contribution in [0.2, 0.25) is 0 Å². The van der Waals surface area contributed by atoms with Gasteiger partial charge in [-0.25, -0.2) is 0 Å². The van der Waals surface area contributed by atoms with Crippen LogP contribution in [0, 0.1) is 0 Å². The molecule has 2 N–H and O–H groups in total. The number of likely N-dealkylation sites (N-methyl/N-ethyl adjacent to an activating group) is 1. The van der Waals surface area contributed by atoms with Crippen molar-refractivity contribution in [2.75, 3.05) is 40.9 Å². The zero-order valence-electron chi connectivity index (χ0n) is 39.3. The summed E-state index contributed by atoms with van der Waals surface area (Å²) >= 11 is 0. The Kier molecular flexibility index (Phi) is 41.0. The summed E-state index contributed by atoms with van der Waals surface area (Å²) in [5, 5.41) is 14.0. The van der Waals surface area contributed by atoms with Gasteiger partial charge in [-0.15, -0.1) is 0 Å². The number of nitrogens with one attached hydrogen (secondary N) is 1. The smallest absolute Gasteiger partial charge is 0.268 e. The number of unbranched alkanes of at least 4 members (excludes halogenated alkanes) is 31. The molecule has 0 rings (SSSR count). The van der Waals surface area contributed by atoms with Crippen LogP contribution in [-0.4, -0.2) is 68.5 Å². The zero-order valence-corrected chi connectivity index (χ0v) is 40.2. The third-order valence-corrected chi connectivity index (χ3v) is 12.5. The Balaban J connectivity index is 4.27. The van der Waals surface area contributed by atoms with Crippen LogP contribution in [-0.2, 0) is 18.4 Å². The van der Waals surface area contributed by atoms with Gasteiger partial charge in [-0.1, -0.05) is 212 Å². The van der Waals surface area contributed by atoms with Gasteiger partial charge < -0.3 is 28.8 Å². The van der Waals surface area contributed by atoms with Crippen molar-refractivity contribution in [2.24, 2.45) is 0 Å². The van der Waals surface area contributed by atoms with Crippen molar-refractivity contribution in [1.29, 1.82) is 0 Å². The largest absolute Gasteiger partial charge is 0.756 e. The topological polar surface area (TPSA) is 108 Å². The van der Waals surface area contributed by atoms with Crippen LogP contribution in [0.25, 0.3) is 0 Å². The molecule has 8 nitrogen and oxygen atoms in total. The Labute approximate surface area is 361 Å². The minimum Gasteiger partial charge on any atom is -0.756 e. The lowest BCUT2D eigenvalue weighted by Gasteiger charge is -2.30. The van der Waals surface area contributed by atoms with Crippen molar-refractivity contribution in [3.63, 3.8) is 0 Å². The van der Waals surface area contributed by atoms with Gasteiger partial charge >= 0.3 is 0 Å². The van der Waals surface area contributed by atoms with Crippen LogP contribution < -0.4 is 10.2 Å². The van der Waals surface area contributed by atoms with Gasteiger partial charge in [-0.05, 0) is 38.5 Å². The van der Waals surface area contributed by atoms with E-state index in [1.54, 1.807) is 0 Å². The fourth-order valence-electron chi connectivity index (χ4n) is 7.51. The second-order valence-electron chi connectivity index (χ2n) is 18.5. The van der Waals surface area contributed by atoms with Gasteiger partial charge in [0.25, 0.3) is 7.82 Å². The van der Waals surface area contributed by atoms with Crippen LogP contribution in [0.1, 0.15) is 245 Å². The molecule has 0 fully saturated rings. The van der Waals surface area contributed by atoms with Crippen molar-refractivity contribution < 1.29 is 32.9 Å². The molecule has 58 heavy (non-hydrogen) atoms. The van der Waals surface area contributed by atoms with E-state index in [2.05, 4.69) is 31.3 Å². The van der Waals surface area contributed by atoms with Gasteiger partial charge in [-0.2, -0.15) is 0 Å². The summed E-state index contributed by atoms with van der Waals surface area (Å²) in [4.78, 5) is 25.4. The standard InChI is InChI=1S/C49H99N2O6P/c1-6-8-10-12-14-16-18-20-22-24-25-27-28-30-32-34-36-38-40-42-48(52)47(46-57-58(54,55)56-45-44-51(3,4)5)50-49(53)43-41-39-37-35-33-31-29-26-23-21-19-17-15-13-11-9-7-2/h21,23,47-48,52H,6-20,22,24-46H2,1-5H3,(H-,50,53,54,55)/b23-21-. The maximum Gasteiger partial charge on any atom is 0.268 e. The predicted octanol–water partition coefficient (Wildman–Crippen LogP) is 13.7. The lowest BCUT2D eigenvalue weighted by molar-refractivity contribution is -0.870. The van der Waals surface area contributed by atoms with Crippen LogP contribution in [0.5, 0.6) is 0 Å². The number of rotatable bonds is 46. The molecule has 1 amide bonds. The Morgan fingerprint density at radius 1 is 0.586 bits per heavy atom. The molecule has 0 aliphatic heterocycles. The van der Waals surface area contributed by atoms with Crippen LogP contribution in [0.3, 0.4) is 0 Å². The minimum absolute atomic E-state index is 0.0135. The zero-order chi connectivity index (χ0) is 42.8. The molecule has 0 aliphatic carbocycles. The van der Waals surface area contributed by atoms with Crippen molar-refractivity contribution in [1.82, 2.24) is 5.32 Å². The number of nitrogens with zero attached hydrogens (tertiary/aromatic N) is 1. The minimum atomic E-state index is -4.56. The summed E-state index contributed by atoms with van der Waals surface area (Å²) < 4.78 is 23.3. The van der Waals surface area contributed by atoms with Crippen LogP contribution in [0.4, 0.5) is 0 Å². The molecule has 0 aromatic carbocycles. The molecule has 0 aliphatic rings. The number of phosphoric ester groups is 1. The molecule has 0 aromatic heterocycles. The first-order valence-electron chi connectivity index (χ1n) is 25.0. The van der Waals surface area contributed by atoms with Crippen LogP contribution >= 0.6 is 7.82 Å². The van der Waals surface area contributed by atoms with E-state index in [0.717, 1.165) is 38.5 Å². The lowest BCUT2D eigenvalue weighted by Crippen LogP contribution is -2.46. The van der Waals surface area contributed by atoms with Crippen molar-refractivity contribution in [3.05, 3.63) is 12.2 Å².